The number of hydrogen-bond donors (Lipinski definition) is 0. The summed E-state index contributed by atoms with van der Waals surface area (Å²) in [4.78, 5) is 12.7. The smallest absolute Gasteiger partial charge is 0.130 e. The average Bonchev–Trinajstić information content (AvgIpc) is 2.55. The highest BCUT2D eigenvalue weighted by Gasteiger charge is 2.29. The van der Waals surface area contributed by atoms with Crippen molar-refractivity contribution in [3.8, 4) is 0 Å². The van der Waals surface area contributed by atoms with Gasteiger partial charge in [0.15, 0.2) is 0 Å². The molecule has 1 atom stereocenters. The fraction of sp³-hybridized carbons (Fsp3) is 0.533. The maximum atomic E-state index is 11.2. The molecule has 0 radical (unpaired) electrons. The number of carbonyl (C=O) groups excluding carboxylic acids is 1. The van der Waals surface area contributed by atoms with Crippen LogP contribution in [0.3, 0.4) is 0 Å². The van der Waals surface area contributed by atoms with Gasteiger partial charge in [-0.3, -0.25) is 0 Å². The first-order valence-electron chi connectivity index (χ1n) is 6.20. The number of thioether (sulfide) groups is 1. The summed E-state index contributed by atoms with van der Waals surface area (Å²) in [6, 6.07) is 8.65. The van der Waals surface area contributed by atoms with Crippen molar-refractivity contribution in [2.45, 2.75) is 50.2 Å². The van der Waals surface area contributed by atoms with Gasteiger partial charge in [0.2, 0.25) is 0 Å². The van der Waals surface area contributed by atoms with Crippen molar-refractivity contribution in [2.24, 2.45) is 5.41 Å². The Morgan fingerprint density at radius 3 is 2.76 bits per heavy atom. The number of hydrogen-bond acceptors (Lipinski definition) is 2. The van der Waals surface area contributed by atoms with Gasteiger partial charge in [-0.15, -0.1) is 11.8 Å². The predicted molar refractivity (Wildman–Crippen MR) is 73.5 cm³/mol. The topological polar surface area (TPSA) is 17.1 Å². The molecule has 1 unspecified atom stereocenters. The van der Waals surface area contributed by atoms with E-state index in [0.717, 1.165) is 12.8 Å². The normalized spacial score (nSPS) is 19.1. The van der Waals surface area contributed by atoms with Crippen molar-refractivity contribution < 1.29 is 4.79 Å². The van der Waals surface area contributed by atoms with Gasteiger partial charge in [-0.1, -0.05) is 32.0 Å². The van der Waals surface area contributed by atoms with Crippen LogP contribution in [0.1, 0.15) is 39.2 Å². The number of carbonyl (C=O) groups is 1. The summed E-state index contributed by atoms with van der Waals surface area (Å²) in [5.74, 6) is 0.301. The van der Waals surface area contributed by atoms with Gasteiger partial charge in [-0.25, -0.2) is 0 Å². The highest BCUT2D eigenvalue weighted by molar-refractivity contribution is 8.00. The van der Waals surface area contributed by atoms with Gasteiger partial charge < -0.3 is 4.79 Å². The molecule has 0 N–H and O–H groups in total. The molecule has 2 rings (SSSR count). The first-order valence-corrected chi connectivity index (χ1v) is 7.08. The van der Waals surface area contributed by atoms with Crippen LogP contribution < -0.4 is 0 Å². The third kappa shape index (κ3) is 3.35. The Bertz CT molecular complexity index is 398. The zero-order chi connectivity index (χ0) is 12.5. The van der Waals surface area contributed by atoms with Crippen molar-refractivity contribution in [2.75, 3.05) is 0 Å². The molecule has 0 saturated heterocycles. The van der Waals surface area contributed by atoms with Crippen LogP contribution >= 0.6 is 11.8 Å². The summed E-state index contributed by atoms with van der Waals surface area (Å²) in [6.45, 7) is 6.11. The minimum atomic E-state index is 0.130. The summed E-state index contributed by atoms with van der Waals surface area (Å²) in [7, 11) is 0. The second-order valence-electron chi connectivity index (χ2n) is 5.80. The molecule has 17 heavy (non-hydrogen) atoms. The van der Waals surface area contributed by atoms with Gasteiger partial charge in [0.05, 0.1) is 0 Å². The van der Waals surface area contributed by atoms with Gasteiger partial charge in [0.25, 0.3) is 0 Å². The lowest BCUT2D eigenvalue weighted by molar-refractivity contribution is -0.118. The molecule has 1 nitrogen and oxygen atoms in total. The molecule has 0 fully saturated rings. The predicted octanol–water partition coefficient (Wildman–Crippen LogP) is 4.10. The molecule has 92 valence electrons. The van der Waals surface area contributed by atoms with E-state index in [4.69, 9.17) is 0 Å². The second kappa shape index (κ2) is 4.85. The molecular weight excluding hydrogens is 228 g/mol. The van der Waals surface area contributed by atoms with E-state index in [0.29, 0.717) is 17.5 Å². The van der Waals surface area contributed by atoms with Crippen molar-refractivity contribution in [1.82, 2.24) is 0 Å². The van der Waals surface area contributed by atoms with Crippen molar-refractivity contribution in [1.29, 1.82) is 0 Å². The molecule has 0 spiro atoms. The van der Waals surface area contributed by atoms with E-state index in [1.807, 2.05) is 11.8 Å². The first-order chi connectivity index (χ1) is 7.96. The van der Waals surface area contributed by atoms with E-state index < -0.39 is 0 Å². The molecular formula is C15H20OS. The number of Topliss-reactive ketones (excluding diaryl/α,β-unsaturated/α-hetero) is 1. The molecule has 0 saturated carbocycles. The molecule has 2 heteroatoms. The summed E-state index contributed by atoms with van der Waals surface area (Å²) >= 11 is 1.98. The molecule has 1 heterocycles. The van der Waals surface area contributed by atoms with Gasteiger partial charge in [-0.05, 0) is 36.8 Å². The number of benzene rings is 1. The zero-order valence-corrected chi connectivity index (χ0v) is 11.6. The minimum Gasteiger partial charge on any atom is -0.300 e. The van der Waals surface area contributed by atoms with Gasteiger partial charge >= 0.3 is 0 Å². The maximum Gasteiger partial charge on any atom is 0.130 e. The Kier molecular flexibility index (Phi) is 3.62. The SMILES string of the molecule is CC(=O)CC(C)(C)CC1Cc2ccccc2S1. The summed E-state index contributed by atoms with van der Waals surface area (Å²) < 4.78 is 0. The first kappa shape index (κ1) is 12.7. The van der Waals surface area contributed by atoms with E-state index >= 15 is 0 Å². The van der Waals surface area contributed by atoms with Crippen LogP contribution in [0.4, 0.5) is 0 Å². The zero-order valence-electron chi connectivity index (χ0n) is 10.8. The van der Waals surface area contributed by atoms with Gasteiger partial charge in [-0.2, -0.15) is 0 Å². The number of fused-ring (bicyclic) bond motifs is 1. The third-order valence-electron chi connectivity index (χ3n) is 3.22. The van der Waals surface area contributed by atoms with E-state index in [1.54, 1.807) is 6.92 Å². The maximum absolute atomic E-state index is 11.2. The highest BCUT2D eigenvalue weighted by Crippen LogP contribution is 2.42. The lowest BCUT2D eigenvalue weighted by atomic mass is 9.82. The summed E-state index contributed by atoms with van der Waals surface area (Å²) in [5, 5.41) is 0.641. The number of ketones is 1. The van der Waals surface area contributed by atoms with E-state index in [2.05, 4.69) is 38.1 Å². The van der Waals surface area contributed by atoms with Crippen LogP contribution in [0.2, 0.25) is 0 Å². The van der Waals surface area contributed by atoms with Crippen LogP contribution in [0.5, 0.6) is 0 Å². The molecule has 1 aromatic carbocycles. The van der Waals surface area contributed by atoms with Crippen LogP contribution in [0, 0.1) is 5.41 Å². The van der Waals surface area contributed by atoms with Crippen molar-refractivity contribution >= 4 is 17.5 Å². The quantitative estimate of drug-likeness (QED) is 0.798. The van der Waals surface area contributed by atoms with Crippen molar-refractivity contribution in [3.05, 3.63) is 29.8 Å². The minimum absolute atomic E-state index is 0.130. The van der Waals surface area contributed by atoms with E-state index in [-0.39, 0.29) is 5.41 Å². The summed E-state index contributed by atoms with van der Waals surface area (Å²) in [6.07, 6.45) is 2.97. The molecule has 0 bridgehead atoms. The van der Waals surface area contributed by atoms with Crippen molar-refractivity contribution in [3.63, 3.8) is 0 Å². The third-order valence-corrected chi connectivity index (χ3v) is 4.54. The monoisotopic (exact) mass is 248 g/mol. The second-order valence-corrected chi connectivity index (χ2v) is 7.14. The Labute approximate surface area is 108 Å². The Morgan fingerprint density at radius 1 is 1.41 bits per heavy atom. The van der Waals surface area contributed by atoms with Gasteiger partial charge in [0, 0.05) is 16.6 Å². The van der Waals surface area contributed by atoms with E-state index in [9.17, 15) is 4.79 Å². The Hall–Kier alpha value is -0.760. The Balaban J connectivity index is 1.98. The highest BCUT2D eigenvalue weighted by atomic mass is 32.2. The van der Waals surface area contributed by atoms with Gasteiger partial charge in [0.1, 0.15) is 5.78 Å². The summed E-state index contributed by atoms with van der Waals surface area (Å²) in [5.41, 5.74) is 1.60. The lowest BCUT2D eigenvalue weighted by Crippen LogP contribution is -2.21. The fourth-order valence-corrected chi connectivity index (χ4v) is 4.35. The standard InChI is InChI=1S/C15H20OS/c1-11(16)9-15(2,3)10-13-8-12-6-4-5-7-14(12)17-13/h4-7,13H,8-10H2,1-3H3. The molecule has 0 amide bonds. The fourth-order valence-electron chi connectivity index (χ4n) is 2.73. The molecule has 0 aromatic heterocycles. The number of rotatable bonds is 4. The largest absolute Gasteiger partial charge is 0.300 e. The molecule has 1 aromatic rings. The van der Waals surface area contributed by atoms with Crippen LogP contribution in [0.25, 0.3) is 0 Å². The Morgan fingerprint density at radius 2 is 2.12 bits per heavy atom. The lowest BCUT2D eigenvalue weighted by Gasteiger charge is -2.26. The van der Waals surface area contributed by atoms with Crippen LogP contribution in [-0.4, -0.2) is 11.0 Å². The average molecular weight is 248 g/mol. The van der Waals surface area contributed by atoms with Crippen LogP contribution in [-0.2, 0) is 11.2 Å². The molecule has 0 aliphatic carbocycles. The molecule has 1 aliphatic rings. The van der Waals surface area contributed by atoms with E-state index in [1.165, 1.54) is 10.5 Å². The van der Waals surface area contributed by atoms with Crippen LogP contribution in [0.15, 0.2) is 29.2 Å². The molecule has 1 aliphatic heterocycles.